The van der Waals surface area contributed by atoms with Gasteiger partial charge in [0.2, 0.25) is 0 Å². The van der Waals surface area contributed by atoms with Crippen LogP contribution in [-0.4, -0.2) is 12.6 Å². The van der Waals surface area contributed by atoms with Gasteiger partial charge in [-0.15, -0.1) is 0 Å². The van der Waals surface area contributed by atoms with E-state index in [1.54, 1.807) is 6.07 Å². The lowest BCUT2D eigenvalue weighted by atomic mass is 9.72. The van der Waals surface area contributed by atoms with Gasteiger partial charge in [0.25, 0.3) is 0 Å². The predicted molar refractivity (Wildman–Crippen MR) is 74.8 cm³/mol. The second-order valence-electron chi connectivity index (χ2n) is 5.81. The molecule has 2 unspecified atom stereocenters. The van der Waals surface area contributed by atoms with E-state index in [-0.39, 0.29) is 5.82 Å². The van der Waals surface area contributed by atoms with Crippen LogP contribution < -0.4 is 5.32 Å². The van der Waals surface area contributed by atoms with Gasteiger partial charge in [0.15, 0.2) is 11.4 Å². The zero-order valence-electron chi connectivity index (χ0n) is 11.4. The molecule has 0 radical (unpaired) electrons. The third kappa shape index (κ3) is 2.39. The van der Waals surface area contributed by atoms with E-state index in [0.717, 1.165) is 24.1 Å². The van der Waals surface area contributed by atoms with Crippen LogP contribution in [0.3, 0.4) is 0 Å². The summed E-state index contributed by atoms with van der Waals surface area (Å²) in [5.41, 5.74) is 0.403. The van der Waals surface area contributed by atoms with Gasteiger partial charge in [-0.3, -0.25) is 0 Å². The highest BCUT2D eigenvalue weighted by Gasteiger charge is 2.34. The number of para-hydroxylation sites is 1. The molecule has 3 rings (SSSR count). The maximum Gasteiger partial charge on any atom is 0.169 e. The fourth-order valence-corrected chi connectivity index (χ4v) is 2.81. The molecule has 0 aliphatic heterocycles. The molecule has 102 valence electrons. The number of halogens is 1. The lowest BCUT2D eigenvalue weighted by molar-refractivity contribution is 0.214. The Labute approximate surface area is 113 Å². The molecule has 1 aromatic carbocycles. The van der Waals surface area contributed by atoms with Gasteiger partial charge >= 0.3 is 0 Å². The van der Waals surface area contributed by atoms with Gasteiger partial charge in [0.1, 0.15) is 5.76 Å². The van der Waals surface area contributed by atoms with Crippen molar-refractivity contribution in [3.05, 3.63) is 35.8 Å². The highest BCUT2D eigenvalue weighted by atomic mass is 19.1. The number of rotatable bonds is 4. The summed E-state index contributed by atoms with van der Waals surface area (Å²) in [6.07, 6.45) is 2.37. The van der Waals surface area contributed by atoms with Crippen LogP contribution in [0.25, 0.3) is 11.0 Å². The molecule has 1 aromatic heterocycles. The average Bonchev–Trinajstić information content (AvgIpc) is 2.72. The molecule has 1 heterocycles. The SMILES string of the molecule is CC(C)NCC1CCC1c1cc2cccc(F)c2o1. The van der Waals surface area contributed by atoms with Crippen LogP contribution in [0.4, 0.5) is 4.39 Å². The normalized spacial score (nSPS) is 22.9. The predicted octanol–water partition coefficient (Wildman–Crippen LogP) is 4.06. The van der Waals surface area contributed by atoms with E-state index < -0.39 is 0 Å². The van der Waals surface area contributed by atoms with Crippen LogP contribution in [0.15, 0.2) is 28.7 Å². The molecule has 1 aliphatic rings. The minimum absolute atomic E-state index is 0.264. The molecule has 1 N–H and O–H groups in total. The fourth-order valence-electron chi connectivity index (χ4n) is 2.81. The molecule has 0 saturated heterocycles. The number of nitrogens with one attached hydrogen (secondary N) is 1. The smallest absolute Gasteiger partial charge is 0.169 e. The fraction of sp³-hybridized carbons (Fsp3) is 0.500. The van der Waals surface area contributed by atoms with Crippen LogP contribution in [0.2, 0.25) is 0 Å². The Bertz CT molecular complexity index is 575. The molecule has 0 spiro atoms. The monoisotopic (exact) mass is 261 g/mol. The van der Waals surface area contributed by atoms with Gasteiger partial charge in [-0.25, -0.2) is 4.39 Å². The van der Waals surface area contributed by atoms with Crippen molar-refractivity contribution in [3.63, 3.8) is 0 Å². The number of hydrogen-bond donors (Lipinski definition) is 1. The molecule has 1 saturated carbocycles. The summed E-state index contributed by atoms with van der Waals surface area (Å²) in [5, 5.41) is 4.35. The lowest BCUT2D eigenvalue weighted by Crippen LogP contribution is -2.36. The van der Waals surface area contributed by atoms with Crippen molar-refractivity contribution in [2.45, 2.75) is 38.6 Å². The third-order valence-corrected chi connectivity index (χ3v) is 4.09. The Morgan fingerprint density at radius 1 is 1.37 bits per heavy atom. The Morgan fingerprint density at radius 2 is 2.21 bits per heavy atom. The number of fused-ring (bicyclic) bond motifs is 1. The van der Waals surface area contributed by atoms with Crippen molar-refractivity contribution >= 4 is 11.0 Å². The summed E-state index contributed by atoms with van der Waals surface area (Å²) in [6.45, 7) is 5.33. The first-order valence-electron chi connectivity index (χ1n) is 7.06. The Hall–Kier alpha value is -1.35. The number of hydrogen-bond acceptors (Lipinski definition) is 2. The van der Waals surface area contributed by atoms with Crippen LogP contribution in [0, 0.1) is 11.7 Å². The first-order valence-corrected chi connectivity index (χ1v) is 7.06. The van der Waals surface area contributed by atoms with Gasteiger partial charge in [0, 0.05) is 17.3 Å². The molecule has 3 heteroatoms. The number of furan rings is 1. The molecule has 2 aromatic rings. The standard InChI is InChI=1S/C16H20FNO/c1-10(2)18-9-12-6-7-13(12)15-8-11-4-3-5-14(17)16(11)19-15/h3-5,8,10,12-13,18H,6-7,9H2,1-2H3. The molecule has 19 heavy (non-hydrogen) atoms. The zero-order chi connectivity index (χ0) is 13.4. The van der Waals surface area contributed by atoms with Crippen LogP contribution in [-0.2, 0) is 0 Å². The van der Waals surface area contributed by atoms with Gasteiger partial charge in [0.05, 0.1) is 0 Å². The van der Waals surface area contributed by atoms with E-state index in [1.807, 2.05) is 12.1 Å². The van der Waals surface area contributed by atoms with Crippen LogP contribution in [0.1, 0.15) is 38.4 Å². The van der Waals surface area contributed by atoms with Crippen molar-refractivity contribution < 1.29 is 8.81 Å². The largest absolute Gasteiger partial charge is 0.458 e. The molecule has 2 nitrogen and oxygen atoms in total. The second-order valence-corrected chi connectivity index (χ2v) is 5.81. The van der Waals surface area contributed by atoms with Crippen LogP contribution in [0.5, 0.6) is 0 Å². The molecular weight excluding hydrogens is 241 g/mol. The first kappa shape index (κ1) is 12.7. The Morgan fingerprint density at radius 3 is 2.84 bits per heavy atom. The molecule has 2 atom stereocenters. The minimum atomic E-state index is -0.264. The Kier molecular flexibility index (Phi) is 3.31. The first-order chi connectivity index (χ1) is 9.15. The highest BCUT2D eigenvalue weighted by molar-refractivity contribution is 5.78. The maximum absolute atomic E-state index is 13.6. The summed E-state index contributed by atoms with van der Waals surface area (Å²) >= 11 is 0. The van der Waals surface area contributed by atoms with E-state index in [9.17, 15) is 4.39 Å². The summed E-state index contributed by atoms with van der Waals surface area (Å²) in [4.78, 5) is 0. The van der Waals surface area contributed by atoms with Crippen molar-refractivity contribution in [1.82, 2.24) is 5.32 Å². The third-order valence-electron chi connectivity index (χ3n) is 4.09. The van der Waals surface area contributed by atoms with Crippen LogP contribution >= 0.6 is 0 Å². The van der Waals surface area contributed by atoms with E-state index >= 15 is 0 Å². The van der Waals surface area contributed by atoms with E-state index in [1.165, 1.54) is 12.5 Å². The van der Waals surface area contributed by atoms with Gasteiger partial charge in [-0.1, -0.05) is 26.0 Å². The molecule has 1 aliphatic carbocycles. The van der Waals surface area contributed by atoms with Gasteiger partial charge in [-0.2, -0.15) is 0 Å². The lowest BCUT2D eigenvalue weighted by Gasteiger charge is -2.35. The van der Waals surface area contributed by atoms with Crippen molar-refractivity contribution in [2.24, 2.45) is 5.92 Å². The summed E-state index contributed by atoms with van der Waals surface area (Å²) in [7, 11) is 0. The zero-order valence-corrected chi connectivity index (χ0v) is 11.4. The van der Waals surface area contributed by atoms with Crippen molar-refractivity contribution in [1.29, 1.82) is 0 Å². The quantitative estimate of drug-likeness (QED) is 0.897. The van der Waals surface area contributed by atoms with E-state index in [2.05, 4.69) is 19.2 Å². The van der Waals surface area contributed by atoms with E-state index in [4.69, 9.17) is 4.42 Å². The van der Waals surface area contributed by atoms with E-state index in [0.29, 0.717) is 23.5 Å². The molecule has 0 bridgehead atoms. The van der Waals surface area contributed by atoms with Gasteiger partial charge < -0.3 is 9.73 Å². The summed E-state index contributed by atoms with van der Waals surface area (Å²) < 4.78 is 19.4. The van der Waals surface area contributed by atoms with Crippen molar-refractivity contribution in [2.75, 3.05) is 6.54 Å². The summed E-state index contributed by atoms with van der Waals surface area (Å²) in [5.74, 6) is 1.74. The second kappa shape index (κ2) is 4.97. The van der Waals surface area contributed by atoms with Crippen molar-refractivity contribution in [3.8, 4) is 0 Å². The Balaban J connectivity index is 1.79. The van der Waals surface area contributed by atoms with Gasteiger partial charge in [-0.05, 0) is 37.4 Å². The summed E-state index contributed by atoms with van der Waals surface area (Å²) in [6, 6.07) is 7.61. The highest BCUT2D eigenvalue weighted by Crippen LogP contribution is 2.44. The minimum Gasteiger partial charge on any atom is -0.458 e. The molecule has 1 fully saturated rings. The average molecular weight is 261 g/mol. The molecular formula is C16H20FNO. The topological polar surface area (TPSA) is 25.2 Å². The number of benzene rings is 1. The molecule has 0 amide bonds. The maximum atomic E-state index is 13.6.